The van der Waals surface area contributed by atoms with Crippen LogP contribution in [0.1, 0.15) is 24.8 Å². The van der Waals surface area contributed by atoms with Gasteiger partial charge in [0.2, 0.25) is 0 Å². The molecule has 1 aliphatic rings. The third-order valence-electron chi connectivity index (χ3n) is 4.14. The van der Waals surface area contributed by atoms with Gasteiger partial charge < -0.3 is 10.1 Å². The molecule has 1 aliphatic heterocycles. The molecular formula is C15H24N2O. The summed E-state index contributed by atoms with van der Waals surface area (Å²) in [6.45, 7) is 2.15. The van der Waals surface area contributed by atoms with E-state index in [1.165, 1.54) is 31.4 Å². The van der Waals surface area contributed by atoms with Crippen molar-refractivity contribution in [3.05, 3.63) is 29.8 Å². The van der Waals surface area contributed by atoms with Crippen LogP contribution in [0.25, 0.3) is 0 Å². The Hall–Kier alpha value is -1.06. The Morgan fingerprint density at radius 3 is 2.89 bits per heavy atom. The van der Waals surface area contributed by atoms with Crippen molar-refractivity contribution < 1.29 is 4.74 Å². The normalized spacial score (nSPS) is 25.1. The summed E-state index contributed by atoms with van der Waals surface area (Å²) in [6, 6.07) is 8.51. The summed E-state index contributed by atoms with van der Waals surface area (Å²) in [6.07, 6.45) is 3.80. The van der Waals surface area contributed by atoms with Crippen LogP contribution in [0.2, 0.25) is 0 Å². The second kappa shape index (κ2) is 5.72. The number of likely N-dealkylation sites (tertiary alicyclic amines) is 1. The summed E-state index contributed by atoms with van der Waals surface area (Å²) in [5.41, 5.74) is 1.47. The highest BCUT2D eigenvalue weighted by Crippen LogP contribution is 2.37. The number of hydrogen-bond donors (Lipinski definition) is 1. The molecule has 3 heteroatoms. The standard InChI is InChI=1S/C15H24N2O/c1-16-12-15(9-4-5-10-17(15)2)13-7-6-8-14(11-13)18-3/h6-8,11,16H,4-5,9-10,12H2,1-3H3. The van der Waals surface area contributed by atoms with E-state index in [-0.39, 0.29) is 5.54 Å². The lowest BCUT2D eigenvalue weighted by Crippen LogP contribution is -2.52. The van der Waals surface area contributed by atoms with E-state index in [4.69, 9.17) is 4.74 Å². The van der Waals surface area contributed by atoms with Crippen LogP contribution in [0.15, 0.2) is 24.3 Å². The molecule has 0 radical (unpaired) electrons. The number of likely N-dealkylation sites (N-methyl/N-ethyl adjacent to an activating group) is 2. The van der Waals surface area contributed by atoms with Crippen LogP contribution in [-0.4, -0.2) is 39.2 Å². The lowest BCUT2D eigenvalue weighted by Gasteiger charge is -2.46. The number of methoxy groups -OCH3 is 1. The van der Waals surface area contributed by atoms with Crippen molar-refractivity contribution in [2.45, 2.75) is 24.8 Å². The van der Waals surface area contributed by atoms with Crippen molar-refractivity contribution in [3.8, 4) is 5.75 Å². The zero-order chi connectivity index (χ0) is 13.0. The highest BCUT2D eigenvalue weighted by molar-refractivity contribution is 5.34. The van der Waals surface area contributed by atoms with Crippen LogP contribution in [0.3, 0.4) is 0 Å². The fraction of sp³-hybridized carbons (Fsp3) is 0.600. The van der Waals surface area contributed by atoms with Gasteiger partial charge in [-0.05, 0) is 57.6 Å². The van der Waals surface area contributed by atoms with Crippen molar-refractivity contribution in [1.29, 1.82) is 0 Å². The highest BCUT2D eigenvalue weighted by atomic mass is 16.5. The Labute approximate surface area is 110 Å². The Morgan fingerprint density at radius 1 is 1.39 bits per heavy atom. The summed E-state index contributed by atoms with van der Waals surface area (Å²) in [7, 11) is 5.99. The molecule has 2 rings (SSSR count). The first kappa shape index (κ1) is 13.4. The average molecular weight is 248 g/mol. The number of benzene rings is 1. The maximum atomic E-state index is 5.37. The smallest absolute Gasteiger partial charge is 0.119 e. The van der Waals surface area contributed by atoms with Gasteiger partial charge in [-0.3, -0.25) is 4.90 Å². The number of nitrogens with one attached hydrogen (secondary N) is 1. The lowest BCUT2D eigenvalue weighted by atomic mass is 9.80. The highest BCUT2D eigenvalue weighted by Gasteiger charge is 2.37. The first-order valence-electron chi connectivity index (χ1n) is 6.73. The summed E-state index contributed by atoms with van der Waals surface area (Å²) < 4.78 is 5.37. The number of rotatable bonds is 4. The molecule has 0 amide bonds. The maximum Gasteiger partial charge on any atom is 0.119 e. The molecule has 100 valence electrons. The van der Waals surface area contributed by atoms with Gasteiger partial charge in [0.1, 0.15) is 5.75 Å². The molecule has 3 nitrogen and oxygen atoms in total. The van der Waals surface area contributed by atoms with Crippen molar-refractivity contribution in [3.63, 3.8) is 0 Å². The molecular weight excluding hydrogens is 224 g/mol. The fourth-order valence-electron chi connectivity index (χ4n) is 3.07. The number of piperidine rings is 1. The molecule has 1 aromatic rings. The molecule has 1 atom stereocenters. The summed E-state index contributed by atoms with van der Waals surface area (Å²) in [4.78, 5) is 2.49. The Bertz CT molecular complexity index is 390. The van der Waals surface area contributed by atoms with Crippen LogP contribution < -0.4 is 10.1 Å². The van der Waals surface area contributed by atoms with Gasteiger partial charge in [0.25, 0.3) is 0 Å². The molecule has 1 unspecified atom stereocenters. The molecule has 1 N–H and O–H groups in total. The van der Waals surface area contributed by atoms with Crippen molar-refractivity contribution in [1.82, 2.24) is 10.2 Å². The first-order valence-corrected chi connectivity index (χ1v) is 6.73. The number of ether oxygens (including phenoxy) is 1. The van der Waals surface area contributed by atoms with E-state index in [0.29, 0.717) is 0 Å². The van der Waals surface area contributed by atoms with E-state index < -0.39 is 0 Å². The lowest BCUT2D eigenvalue weighted by molar-refractivity contribution is 0.0714. The molecule has 0 saturated carbocycles. The predicted octanol–water partition coefficient (Wildman–Crippen LogP) is 2.23. The Balaban J connectivity index is 2.38. The van der Waals surface area contributed by atoms with E-state index in [1.54, 1.807) is 7.11 Å². The largest absolute Gasteiger partial charge is 0.497 e. The third-order valence-corrected chi connectivity index (χ3v) is 4.14. The van der Waals surface area contributed by atoms with E-state index >= 15 is 0 Å². The molecule has 1 aromatic carbocycles. The predicted molar refractivity (Wildman–Crippen MR) is 75.1 cm³/mol. The Kier molecular flexibility index (Phi) is 4.25. The van der Waals surface area contributed by atoms with Crippen LogP contribution in [0.5, 0.6) is 5.75 Å². The second-order valence-corrected chi connectivity index (χ2v) is 5.17. The van der Waals surface area contributed by atoms with Crippen molar-refractivity contribution in [2.24, 2.45) is 0 Å². The van der Waals surface area contributed by atoms with Crippen LogP contribution >= 0.6 is 0 Å². The quantitative estimate of drug-likeness (QED) is 0.884. The Morgan fingerprint density at radius 2 is 2.22 bits per heavy atom. The van der Waals surface area contributed by atoms with Crippen molar-refractivity contribution >= 4 is 0 Å². The topological polar surface area (TPSA) is 24.5 Å². The first-order chi connectivity index (χ1) is 8.73. The van der Waals surface area contributed by atoms with Crippen molar-refractivity contribution in [2.75, 3.05) is 34.3 Å². The van der Waals surface area contributed by atoms with Gasteiger partial charge >= 0.3 is 0 Å². The van der Waals surface area contributed by atoms with Crippen LogP contribution in [0, 0.1) is 0 Å². The molecule has 0 aromatic heterocycles. The molecule has 18 heavy (non-hydrogen) atoms. The third kappa shape index (κ3) is 2.38. The van der Waals surface area contributed by atoms with E-state index in [0.717, 1.165) is 12.3 Å². The molecule has 0 bridgehead atoms. The zero-order valence-electron chi connectivity index (χ0n) is 11.7. The van der Waals surface area contributed by atoms with Gasteiger partial charge in [-0.15, -0.1) is 0 Å². The minimum absolute atomic E-state index is 0.113. The molecule has 1 heterocycles. The summed E-state index contributed by atoms with van der Waals surface area (Å²) >= 11 is 0. The molecule has 1 saturated heterocycles. The monoisotopic (exact) mass is 248 g/mol. The molecule has 0 aliphatic carbocycles. The molecule has 0 spiro atoms. The summed E-state index contributed by atoms with van der Waals surface area (Å²) in [5, 5.41) is 3.36. The fourth-order valence-corrected chi connectivity index (χ4v) is 3.07. The number of nitrogens with zero attached hydrogens (tertiary/aromatic N) is 1. The average Bonchev–Trinajstić information content (AvgIpc) is 2.42. The minimum Gasteiger partial charge on any atom is -0.497 e. The van der Waals surface area contributed by atoms with E-state index in [9.17, 15) is 0 Å². The minimum atomic E-state index is 0.113. The van der Waals surface area contributed by atoms with Crippen LogP contribution in [-0.2, 0) is 5.54 Å². The van der Waals surface area contributed by atoms with Gasteiger partial charge in [-0.1, -0.05) is 12.1 Å². The SMILES string of the molecule is CNCC1(c2cccc(OC)c2)CCCCN1C. The maximum absolute atomic E-state index is 5.37. The second-order valence-electron chi connectivity index (χ2n) is 5.17. The van der Waals surface area contributed by atoms with Gasteiger partial charge in [0, 0.05) is 6.54 Å². The molecule has 1 fully saturated rings. The van der Waals surface area contributed by atoms with Crippen LogP contribution in [0.4, 0.5) is 0 Å². The van der Waals surface area contributed by atoms with Gasteiger partial charge in [-0.25, -0.2) is 0 Å². The summed E-state index contributed by atoms with van der Waals surface area (Å²) in [5.74, 6) is 0.946. The van der Waals surface area contributed by atoms with E-state index in [2.05, 4.69) is 35.5 Å². The van der Waals surface area contributed by atoms with Gasteiger partial charge in [0.05, 0.1) is 12.6 Å². The number of hydrogen-bond acceptors (Lipinski definition) is 3. The van der Waals surface area contributed by atoms with Gasteiger partial charge in [-0.2, -0.15) is 0 Å². The zero-order valence-corrected chi connectivity index (χ0v) is 11.7. The van der Waals surface area contributed by atoms with E-state index in [1.807, 2.05) is 13.1 Å². The van der Waals surface area contributed by atoms with Gasteiger partial charge in [0.15, 0.2) is 0 Å².